The highest BCUT2D eigenvalue weighted by Crippen LogP contribution is 2.32. The molecule has 1 aromatic heterocycles. The summed E-state index contributed by atoms with van der Waals surface area (Å²) < 4.78 is 0. The van der Waals surface area contributed by atoms with Crippen LogP contribution in [-0.2, 0) is 0 Å². The summed E-state index contributed by atoms with van der Waals surface area (Å²) >= 11 is 7.10. The zero-order valence-electron chi connectivity index (χ0n) is 9.96. The van der Waals surface area contributed by atoms with E-state index in [1.807, 2.05) is 6.07 Å². The molecule has 0 radical (unpaired) electrons. The molecule has 1 aromatic carbocycles. The van der Waals surface area contributed by atoms with E-state index in [1.54, 1.807) is 25.4 Å². The van der Waals surface area contributed by atoms with Crippen LogP contribution in [0.25, 0.3) is 0 Å². The van der Waals surface area contributed by atoms with Crippen molar-refractivity contribution in [2.45, 2.75) is 9.92 Å². The first-order valence-corrected chi connectivity index (χ1v) is 6.54. The third-order valence-corrected chi connectivity index (χ3v) is 3.46. The van der Waals surface area contributed by atoms with Gasteiger partial charge in [-0.3, -0.25) is 10.1 Å². The molecule has 2 rings (SSSR count). The number of halogens is 1. The van der Waals surface area contributed by atoms with E-state index in [0.717, 1.165) is 9.92 Å². The average molecular weight is 296 g/mol. The quantitative estimate of drug-likeness (QED) is 0.685. The number of nitrogens with one attached hydrogen (secondary N) is 1. The van der Waals surface area contributed by atoms with E-state index >= 15 is 0 Å². The van der Waals surface area contributed by atoms with Crippen molar-refractivity contribution >= 4 is 34.7 Å². The second-order valence-corrected chi connectivity index (χ2v) is 5.17. The maximum absolute atomic E-state index is 10.9. The number of nitrogens with zero attached hydrogens (tertiary/aromatic N) is 2. The second-order valence-electron chi connectivity index (χ2n) is 3.64. The Bertz CT molecular complexity index is 604. The number of pyridine rings is 1. The first-order chi connectivity index (χ1) is 9.08. The molecule has 0 saturated carbocycles. The van der Waals surface area contributed by atoms with Gasteiger partial charge in [0.15, 0.2) is 0 Å². The lowest BCUT2D eigenvalue weighted by molar-refractivity contribution is -0.385. The molecule has 5 nitrogen and oxygen atoms in total. The van der Waals surface area contributed by atoms with E-state index in [-0.39, 0.29) is 5.69 Å². The first kappa shape index (κ1) is 13.6. The molecular formula is C12H10ClN3O2S. The first-order valence-electron chi connectivity index (χ1n) is 5.35. The lowest BCUT2D eigenvalue weighted by atomic mass is 10.3. The number of rotatable bonds is 4. The number of nitro groups is 1. The highest BCUT2D eigenvalue weighted by Gasteiger charge is 2.10. The van der Waals surface area contributed by atoms with E-state index in [4.69, 9.17) is 11.6 Å². The van der Waals surface area contributed by atoms with Crippen LogP contribution < -0.4 is 5.32 Å². The lowest BCUT2D eigenvalue weighted by Gasteiger charge is -2.05. The fourth-order valence-corrected chi connectivity index (χ4v) is 2.40. The normalized spacial score (nSPS) is 10.2. The number of non-ortho nitro benzene ring substituents is 1. The van der Waals surface area contributed by atoms with E-state index in [0.29, 0.717) is 10.7 Å². The van der Waals surface area contributed by atoms with Crippen molar-refractivity contribution in [3.8, 4) is 0 Å². The van der Waals surface area contributed by atoms with Gasteiger partial charge in [-0.05, 0) is 18.2 Å². The van der Waals surface area contributed by atoms with Crippen LogP contribution in [0.3, 0.4) is 0 Å². The Labute approximate surface area is 119 Å². The van der Waals surface area contributed by atoms with Gasteiger partial charge in [0.25, 0.3) is 5.69 Å². The molecule has 19 heavy (non-hydrogen) atoms. The number of aromatic nitrogens is 1. The van der Waals surface area contributed by atoms with Gasteiger partial charge in [0, 0.05) is 36.0 Å². The molecule has 98 valence electrons. The van der Waals surface area contributed by atoms with Gasteiger partial charge in [0.05, 0.1) is 9.95 Å². The van der Waals surface area contributed by atoms with Crippen LogP contribution in [0.1, 0.15) is 0 Å². The smallest absolute Gasteiger partial charge is 0.272 e. The Morgan fingerprint density at radius 3 is 2.74 bits per heavy atom. The second kappa shape index (κ2) is 5.90. The number of anilines is 1. The van der Waals surface area contributed by atoms with Crippen molar-refractivity contribution in [2.24, 2.45) is 0 Å². The standard InChI is InChI=1S/C12H10ClN3O2S/c1-14-9-4-10(16(17)18)6-11(5-9)19-12-3-2-8(13)7-15-12/h2-7,14H,1H3. The summed E-state index contributed by atoms with van der Waals surface area (Å²) in [6.45, 7) is 0. The van der Waals surface area contributed by atoms with Gasteiger partial charge in [-0.1, -0.05) is 23.4 Å². The van der Waals surface area contributed by atoms with Gasteiger partial charge in [-0.15, -0.1) is 0 Å². The molecule has 1 N–H and O–H groups in total. The molecule has 0 fully saturated rings. The maximum atomic E-state index is 10.9. The number of hydrogen-bond donors (Lipinski definition) is 1. The van der Waals surface area contributed by atoms with Crippen molar-refractivity contribution in [2.75, 3.05) is 12.4 Å². The van der Waals surface area contributed by atoms with Crippen LogP contribution >= 0.6 is 23.4 Å². The minimum absolute atomic E-state index is 0.0447. The highest BCUT2D eigenvalue weighted by molar-refractivity contribution is 7.99. The third-order valence-electron chi connectivity index (χ3n) is 2.31. The van der Waals surface area contributed by atoms with E-state index in [1.165, 1.54) is 23.9 Å². The van der Waals surface area contributed by atoms with E-state index < -0.39 is 4.92 Å². The van der Waals surface area contributed by atoms with Crippen LogP contribution in [0.15, 0.2) is 46.5 Å². The number of benzene rings is 1. The predicted octanol–water partition coefficient (Wildman–Crippen LogP) is 3.84. The average Bonchev–Trinajstić information content (AvgIpc) is 2.41. The Morgan fingerprint density at radius 2 is 2.16 bits per heavy atom. The highest BCUT2D eigenvalue weighted by atomic mass is 35.5. The molecule has 0 atom stereocenters. The Hall–Kier alpha value is -1.79. The van der Waals surface area contributed by atoms with E-state index in [9.17, 15) is 10.1 Å². The molecule has 1 heterocycles. The van der Waals surface area contributed by atoms with Crippen LogP contribution in [0.4, 0.5) is 11.4 Å². The van der Waals surface area contributed by atoms with E-state index in [2.05, 4.69) is 10.3 Å². The minimum Gasteiger partial charge on any atom is -0.388 e. The summed E-state index contributed by atoms with van der Waals surface area (Å²) in [5.74, 6) is 0. The Morgan fingerprint density at radius 1 is 1.37 bits per heavy atom. The van der Waals surface area contributed by atoms with Crippen LogP contribution in [-0.4, -0.2) is 17.0 Å². The van der Waals surface area contributed by atoms with Crippen LogP contribution in [0.5, 0.6) is 0 Å². The summed E-state index contributed by atoms with van der Waals surface area (Å²) in [6, 6.07) is 8.33. The maximum Gasteiger partial charge on any atom is 0.272 e. The lowest BCUT2D eigenvalue weighted by Crippen LogP contribution is -1.93. The summed E-state index contributed by atoms with van der Waals surface area (Å²) in [6.07, 6.45) is 1.54. The summed E-state index contributed by atoms with van der Waals surface area (Å²) in [7, 11) is 1.72. The molecule has 0 amide bonds. The largest absolute Gasteiger partial charge is 0.388 e. The third kappa shape index (κ3) is 3.59. The topological polar surface area (TPSA) is 68.1 Å². The zero-order valence-corrected chi connectivity index (χ0v) is 11.5. The molecule has 0 aliphatic carbocycles. The Balaban J connectivity index is 2.31. The van der Waals surface area contributed by atoms with Gasteiger partial charge in [-0.25, -0.2) is 4.98 Å². The molecule has 7 heteroatoms. The Kier molecular flexibility index (Phi) is 4.24. The molecule has 0 spiro atoms. The van der Waals surface area contributed by atoms with Crippen LogP contribution in [0.2, 0.25) is 5.02 Å². The van der Waals surface area contributed by atoms with Gasteiger partial charge >= 0.3 is 0 Å². The molecule has 0 unspecified atom stereocenters. The molecule has 0 bridgehead atoms. The molecule has 0 saturated heterocycles. The van der Waals surface area contributed by atoms with Crippen LogP contribution in [0, 0.1) is 10.1 Å². The van der Waals surface area contributed by atoms with Crippen molar-refractivity contribution in [1.82, 2.24) is 4.98 Å². The molecular weight excluding hydrogens is 286 g/mol. The zero-order chi connectivity index (χ0) is 13.8. The SMILES string of the molecule is CNc1cc(Sc2ccc(Cl)cn2)cc([N+](=O)[O-])c1. The molecule has 0 aliphatic rings. The van der Waals surface area contributed by atoms with Gasteiger partial charge in [0.2, 0.25) is 0 Å². The summed E-state index contributed by atoms with van der Waals surface area (Å²) in [5, 5.41) is 15.0. The van der Waals surface area contributed by atoms with Gasteiger partial charge < -0.3 is 5.32 Å². The monoisotopic (exact) mass is 295 g/mol. The van der Waals surface area contributed by atoms with Gasteiger partial charge in [0.1, 0.15) is 5.03 Å². The van der Waals surface area contributed by atoms with Crippen molar-refractivity contribution in [3.63, 3.8) is 0 Å². The minimum atomic E-state index is -0.416. The fourth-order valence-electron chi connectivity index (χ4n) is 1.44. The van der Waals surface area contributed by atoms with Gasteiger partial charge in [-0.2, -0.15) is 0 Å². The predicted molar refractivity (Wildman–Crippen MR) is 76.0 cm³/mol. The molecule has 2 aromatic rings. The number of hydrogen-bond acceptors (Lipinski definition) is 5. The number of nitro benzene ring substituents is 1. The van der Waals surface area contributed by atoms with Crippen molar-refractivity contribution in [3.05, 3.63) is 51.7 Å². The van der Waals surface area contributed by atoms with Crippen molar-refractivity contribution in [1.29, 1.82) is 0 Å². The molecule has 0 aliphatic heterocycles. The summed E-state index contributed by atoms with van der Waals surface area (Å²) in [4.78, 5) is 15.3. The van der Waals surface area contributed by atoms with Crippen molar-refractivity contribution < 1.29 is 4.92 Å². The summed E-state index contributed by atoms with van der Waals surface area (Å²) in [5.41, 5.74) is 0.731. The fraction of sp³-hybridized carbons (Fsp3) is 0.0833.